The molecule has 0 saturated carbocycles. The summed E-state index contributed by atoms with van der Waals surface area (Å²) in [4.78, 5) is 64.2. The lowest BCUT2D eigenvalue weighted by atomic mass is 9.87. The van der Waals surface area contributed by atoms with Crippen LogP contribution in [0.1, 0.15) is 86.7 Å². The van der Waals surface area contributed by atoms with Crippen molar-refractivity contribution in [3.63, 3.8) is 0 Å². The predicted octanol–water partition coefficient (Wildman–Crippen LogP) is 12.7. The minimum Gasteiger partial charge on any atom is -0.355 e. The fourth-order valence-electron chi connectivity index (χ4n) is 15.2. The standard InChI is InChI=1S/C75H72F4N16O4/c1-9-12-46-23-53(29-67-69(46)90(8)74(98)89(67)7)94-37-43(22-48-25-55(49-32-83-86(4)38-49)58(71(78)79)31-65(48)94)36-91-41-60(73(97)80-3)56-28-52(21-42(2)68(56)91)93-19-11-14-45-24-54(57(70(76)77)30-64(45)93)50-33-85-92(40-50)20-18-81-72(96)47-16-17-63-66(27-47)95(75(99)88(63)6)62-15-10-13-44-26-61(82-35-59(44)62)51-34-84-87(5)39-51/h10,13,15-17,21,23-35,38-41,43,70-71H,9,11-12,14,18-20,22,36-37H2,1-8H3,(H,80,97)(H,81,96). The van der Waals surface area contributed by atoms with Gasteiger partial charge in [0, 0.05) is 166 Å². The van der Waals surface area contributed by atoms with Gasteiger partial charge in [-0.3, -0.25) is 46.9 Å². The molecule has 0 bridgehead atoms. The number of imidazole rings is 2. The van der Waals surface area contributed by atoms with Crippen molar-refractivity contribution >= 4 is 78.3 Å². The molecule has 504 valence electrons. The Morgan fingerprint density at radius 2 is 1.34 bits per heavy atom. The molecular formula is C75H72F4N16O4. The zero-order valence-electron chi connectivity index (χ0n) is 56.0. The highest BCUT2D eigenvalue weighted by molar-refractivity contribution is 6.09. The molecule has 2 amide bonds. The molecule has 0 spiro atoms. The fraction of sp³-hybridized carbons (Fsp3) is 0.280. The molecule has 99 heavy (non-hydrogen) atoms. The summed E-state index contributed by atoms with van der Waals surface area (Å²) in [6.07, 6.45) is 11.6. The van der Waals surface area contributed by atoms with Crippen LogP contribution < -0.4 is 31.8 Å². The van der Waals surface area contributed by atoms with Crippen molar-refractivity contribution in [1.82, 2.24) is 67.8 Å². The number of nitrogens with one attached hydrogen (secondary N) is 2. The summed E-state index contributed by atoms with van der Waals surface area (Å²) >= 11 is 0. The number of aromatic nitrogens is 12. The maximum atomic E-state index is 15.6. The van der Waals surface area contributed by atoms with Gasteiger partial charge in [-0.05, 0) is 156 Å². The molecule has 6 aromatic carbocycles. The predicted molar refractivity (Wildman–Crippen MR) is 376 cm³/mol. The Morgan fingerprint density at radius 3 is 2.06 bits per heavy atom. The summed E-state index contributed by atoms with van der Waals surface area (Å²) in [7, 11) is 10.4. The van der Waals surface area contributed by atoms with Crippen molar-refractivity contribution < 1.29 is 27.2 Å². The van der Waals surface area contributed by atoms with Crippen LogP contribution in [0.2, 0.25) is 0 Å². The zero-order chi connectivity index (χ0) is 69.0. The molecule has 0 saturated heterocycles. The third-order valence-electron chi connectivity index (χ3n) is 19.9. The van der Waals surface area contributed by atoms with Crippen LogP contribution in [0.3, 0.4) is 0 Å². The lowest BCUT2D eigenvalue weighted by Crippen LogP contribution is -2.34. The second kappa shape index (κ2) is 25.0. The van der Waals surface area contributed by atoms with E-state index in [0.29, 0.717) is 106 Å². The van der Waals surface area contributed by atoms with E-state index in [-0.39, 0.29) is 53.3 Å². The van der Waals surface area contributed by atoms with Crippen LogP contribution in [0.4, 0.5) is 40.3 Å². The number of alkyl halides is 4. The average Bonchev–Trinajstić information content (AvgIpc) is 1.65. The topological polar surface area (TPSA) is 190 Å². The number of pyridine rings is 1. The number of carbonyl (C=O) groups excluding carboxylic acids is 2. The number of hydrogen-bond donors (Lipinski definition) is 2. The molecule has 9 heterocycles. The van der Waals surface area contributed by atoms with E-state index in [9.17, 15) is 19.2 Å². The van der Waals surface area contributed by atoms with Crippen molar-refractivity contribution in [3.8, 4) is 39.2 Å². The minimum absolute atomic E-state index is 0.109. The SMILES string of the molecule is CCCc1cc(N2CC(Cn3cc(C(=O)NC)c4cc(N5CCCc6cc(-c7cnn(CCNC(=O)c8ccc9c(c8)n(-c8cccc%10cc(-c%11cnn(C)c%11)ncc8%10)c(=O)n9C)c7)c(C(F)F)cc65)cc(C)c43)Cc3cc(-c4cnn(C)c4)c(C(F)F)cc32)cc2c1n(C)c(=O)n2C. The third-order valence-corrected chi connectivity index (χ3v) is 19.9. The lowest BCUT2D eigenvalue weighted by Gasteiger charge is -2.38. The number of halogens is 4. The van der Waals surface area contributed by atoms with Gasteiger partial charge in [0.1, 0.15) is 0 Å². The molecule has 2 aliphatic heterocycles. The molecule has 0 aliphatic carbocycles. The highest BCUT2D eigenvalue weighted by Crippen LogP contribution is 2.46. The molecule has 15 rings (SSSR count). The van der Waals surface area contributed by atoms with Gasteiger partial charge in [0.05, 0.1) is 69.7 Å². The van der Waals surface area contributed by atoms with Gasteiger partial charge in [-0.15, -0.1) is 0 Å². The first kappa shape index (κ1) is 63.7. The third kappa shape index (κ3) is 11.1. The molecule has 0 radical (unpaired) electrons. The number of hydrogen-bond acceptors (Lipinski definition) is 10. The monoisotopic (exact) mass is 1340 g/mol. The smallest absolute Gasteiger partial charge is 0.333 e. The summed E-state index contributed by atoms with van der Waals surface area (Å²) in [6, 6.07) is 27.8. The van der Waals surface area contributed by atoms with Crippen molar-refractivity contribution in [2.24, 2.45) is 41.2 Å². The van der Waals surface area contributed by atoms with Gasteiger partial charge in [0.2, 0.25) is 0 Å². The number of anilines is 4. The molecule has 2 N–H and O–H groups in total. The van der Waals surface area contributed by atoms with E-state index in [1.54, 1.807) is 135 Å². The molecule has 13 aromatic rings. The van der Waals surface area contributed by atoms with Gasteiger partial charge in [-0.1, -0.05) is 25.5 Å². The number of fused-ring (bicyclic) bond motifs is 6. The van der Waals surface area contributed by atoms with Gasteiger partial charge in [0.15, 0.2) is 0 Å². The maximum Gasteiger partial charge on any atom is 0.333 e. The molecule has 1 atom stereocenters. The van der Waals surface area contributed by atoms with Crippen LogP contribution >= 0.6 is 0 Å². The van der Waals surface area contributed by atoms with E-state index in [0.717, 1.165) is 85.1 Å². The Labute approximate surface area is 565 Å². The Kier molecular flexibility index (Phi) is 16.1. The van der Waals surface area contributed by atoms with Crippen molar-refractivity contribution in [3.05, 3.63) is 206 Å². The van der Waals surface area contributed by atoms with E-state index >= 15 is 17.6 Å². The minimum atomic E-state index is -2.85. The molecule has 2 aliphatic rings. The first-order chi connectivity index (χ1) is 47.7. The van der Waals surface area contributed by atoms with Gasteiger partial charge in [-0.2, -0.15) is 15.3 Å². The summed E-state index contributed by atoms with van der Waals surface area (Å²) in [5.74, 6) is -0.793. The Morgan fingerprint density at radius 1 is 0.646 bits per heavy atom. The second-order valence-electron chi connectivity index (χ2n) is 26.2. The number of benzene rings is 6. The van der Waals surface area contributed by atoms with E-state index in [2.05, 4.69) is 53.3 Å². The fourth-order valence-corrected chi connectivity index (χ4v) is 15.2. The van der Waals surface area contributed by atoms with Gasteiger partial charge >= 0.3 is 11.4 Å². The zero-order valence-corrected chi connectivity index (χ0v) is 56.0. The van der Waals surface area contributed by atoms with E-state index in [1.807, 2.05) is 81.0 Å². The van der Waals surface area contributed by atoms with Crippen LogP contribution in [-0.2, 0) is 67.6 Å². The number of nitrogens with zero attached hydrogens (tertiary/aromatic N) is 14. The Hall–Kier alpha value is -11.3. The number of carbonyl (C=O) groups is 2. The highest BCUT2D eigenvalue weighted by atomic mass is 19.3. The maximum absolute atomic E-state index is 15.6. The van der Waals surface area contributed by atoms with E-state index in [4.69, 9.17) is 4.98 Å². The molecule has 20 nitrogen and oxygen atoms in total. The Bertz CT molecular complexity index is 5560. The lowest BCUT2D eigenvalue weighted by molar-refractivity contribution is 0.0948. The van der Waals surface area contributed by atoms with E-state index in [1.165, 1.54) is 0 Å². The molecule has 24 heteroatoms. The number of aryl methyl sites for hydroxylation is 8. The van der Waals surface area contributed by atoms with Crippen molar-refractivity contribution in [2.45, 2.75) is 71.9 Å². The van der Waals surface area contributed by atoms with E-state index < -0.39 is 12.9 Å². The van der Waals surface area contributed by atoms with Gasteiger partial charge in [0.25, 0.3) is 24.7 Å². The molecule has 1 unspecified atom stereocenters. The Balaban J connectivity index is 0.698. The first-order valence-corrected chi connectivity index (χ1v) is 33.1. The quantitative estimate of drug-likeness (QED) is 0.0830. The van der Waals surface area contributed by atoms with Crippen LogP contribution in [-0.4, -0.2) is 95.7 Å². The molecule has 0 fully saturated rings. The van der Waals surface area contributed by atoms with Crippen LogP contribution in [0.25, 0.3) is 82.9 Å². The van der Waals surface area contributed by atoms with Crippen LogP contribution in [0.5, 0.6) is 0 Å². The normalized spacial score (nSPS) is 14.1. The van der Waals surface area contributed by atoms with Crippen molar-refractivity contribution in [1.29, 1.82) is 0 Å². The average molecular weight is 1340 g/mol. The van der Waals surface area contributed by atoms with Crippen LogP contribution in [0, 0.1) is 12.8 Å². The van der Waals surface area contributed by atoms with Crippen LogP contribution in [0.15, 0.2) is 150 Å². The van der Waals surface area contributed by atoms with Gasteiger partial charge < -0.3 is 25.0 Å². The second-order valence-corrected chi connectivity index (χ2v) is 26.2. The summed E-state index contributed by atoms with van der Waals surface area (Å²) in [6.45, 7) is 5.87. The molecular weight excluding hydrogens is 1260 g/mol. The van der Waals surface area contributed by atoms with Gasteiger partial charge in [-0.25, -0.2) is 27.2 Å². The largest absolute Gasteiger partial charge is 0.355 e. The summed E-state index contributed by atoms with van der Waals surface area (Å²) in [5.41, 5.74) is 14.1. The number of amides is 2. The number of rotatable bonds is 17. The first-order valence-electron chi connectivity index (χ1n) is 33.1. The summed E-state index contributed by atoms with van der Waals surface area (Å²) < 4.78 is 75.3. The highest BCUT2D eigenvalue weighted by Gasteiger charge is 2.33. The van der Waals surface area contributed by atoms with Crippen molar-refractivity contribution in [2.75, 3.05) is 36.5 Å². The molecule has 7 aromatic heterocycles. The summed E-state index contributed by atoms with van der Waals surface area (Å²) in [5, 5.41) is 21.3.